The maximum absolute atomic E-state index is 5.38. The molecule has 1 aliphatic carbocycles. The maximum Gasteiger partial charge on any atom is 0.251 e. The highest BCUT2D eigenvalue weighted by Crippen LogP contribution is 2.36. The van der Waals surface area contributed by atoms with Gasteiger partial charge in [-0.1, -0.05) is 45.4 Å². The number of hydrogen-bond acceptors (Lipinski definition) is 3. The summed E-state index contributed by atoms with van der Waals surface area (Å²) in [4.78, 5) is 0. The minimum absolute atomic E-state index is 0.568. The second-order valence-corrected chi connectivity index (χ2v) is 6.54. The first-order valence-corrected chi connectivity index (χ1v) is 7.70. The van der Waals surface area contributed by atoms with E-state index in [1.165, 1.54) is 38.5 Å². The molecule has 17 heavy (non-hydrogen) atoms. The van der Waals surface area contributed by atoms with Crippen LogP contribution < -0.4 is 0 Å². The Labute approximate surface area is 108 Å². The molecule has 0 N–H and O–H groups in total. The summed E-state index contributed by atoms with van der Waals surface area (Å²) in [6, 6.07) is 0. The highest BCUT2D eigenvalue weighted by atomic mass is 28.2. The molecule has 0 saturated heterocycles. The first-order valence-electron chi connectivity index (χ1n) is 6.62. The Kier molecular flexibility index (Phi) is 6.70. The lowest BCUT2D eigenvalue weighted by Gasteiger charge is -2.35. The Bertz CT molecular complexity index is 191. The van der Waals surface area contributed by atoms with Crippen molar-refractivity contribution in [2.24, 2.45) is 5.92 Å². The van der Waals surface area contributed by atoms with E-state index in [1.54, 1.807) is 21.3 Å². The second kappa shape index (κ2) is 7.51. The molecule has 0 heterocycles. The number of ether oxygens (including phenoxy) is 3. The van der Waals surface area contributed by atoms with Gasteiger partial charge in [0.05, 0.1) is 0 Å². The normalized spacial score (nSPS) is 26.1. The van der Waals surface area contributed by atoms with Crippen LogP contribution in [0.2, 0.25) is 5.54 Å². The largest absolute Gasteiger partial charge is 0.335 e. The van der Waals surface area contributed by atoms with Gasteiger partial charge in [0, 0.05) is 21.3 Å². The van der Waals surface area contributed by atoms with Crippen molar-refractivity contribution in [3.63, 3.8) is 0 Å². The first kappa shape index (κ1) is 15.2. The van der Waals surface area contributed by atoms with Crippen molar-refractivity contribution in [3.05, 3.63) is 0 Å². The quantitative estimate of drug-likeness (QED) is 0.519. The zero-order valence-corrected chi connectivity index (χ0v) is 12.6. The van der Waals surface area contributed by atoms with Crippen LogP contribution in [0.1, 0.15) is 45.4 Å². The maximum atomic E-state index is 5.38. The zero-order chi connectivity index (χ0) is 12.7. The van der Waals surface area contributed by atoms with Gasteiger partial charge in [-0.25, -0.2) is 0 Å². The van der Waals surface area contributed by atoms with Crippen LogP contribution >= 0.6 is 0 Å². The number of hydrogen-bond donors (Lipinski definition) is 0. The third kappa shape index (κ3) is 4.36. The van der Waals surface area contributed by atoms with Gasteiger partial charge in [0.25, 0.3) is 5.60 Å². The van der Waals surface area contributed by atoms with Crippen LogP contribution in [0.4, 0.5) is 0 Å². The average molecular weight is 258 g/mol. The van der Waals surface area contributed by atoms with E-state index in [4.69, 9.17) is 14.2 Å². The molecule has 0 bridgehead atoms. The lowest BCUT2D eigenvalue weighted by Crippen LogP contribution is -2.44. The molecule has 2 radical (unpaired) electrons. The van der Waals surface area contributed by atoms with E-state index in [0.717, 1.165) is 5.92 Å². The average Bonchev–Trinajstić information content (AvgIpc) is 2.39. The first-order chi connectivity index (χ1) is 8.19. The van der Waals surface area contributed by atoms with E-state index in [1.807, 2.05) is 0 Å². The summed E-state index contributed by atoms with van der Waals surface area (Å²) >= 11 is 0. The molecule has 1 rings (SSSR count). The Morgan fingerprint density at radius 3 is 1.94 bits per heavy atom. The van der Waals surface area contributed by atoms with Gasteiger partial charge >= 0.3 is 0 Å². The monoisotopic (exact) mass is 258 g/mol. The molecule has 0 amide bonds. The molecule has 0 spiro atoms. The van der Waals surface area contributed by atoms with E-state index < -0.39 is 5.60 Å². The second-order valence-electron chi connectivity index (χ2n) is 4.82. The van der Waals surface area contributed by atoms with E-state index in [-0.39, 0.29) is 0 Å². The molecule has 0 unspecified atom stereocenters. The van der Waals surface area contributed by atoms with Crippen LogP contribution in [0.25, 0.3) is 0 Å². The van der Waals surface area contributed by atoms with Crippen LogP contribution in [0.5, 0.6) is 0 Å². The highest BCUT2D eigenvalue weighted by molar-refractivity contribution is 6.40. The summed E-state index contributed by atoms with van der Waals surface area (Å²) in [6.07, 6.45) is 8.01. The van der Waals surface area contributed by atoms with Crippen LogP contribution in [-0.4, -0.2) is 36.4 Å². The van der Waals surface area contributed by atoms with Gasteiger partial charge in [0.2, 0.25) is 0 Å². The third-order valence-electron chi connectivity index (χ3n) is 3.73. The standard InChI is InChI=1S/C13H26O3Si/c1-5-6-11-7-9-12(10-8-11)17-13(14-2,15-3)16-4/h11-12H,5-10H2,1-4H3. The Morgan fingerprint density at radius 1 is 1.00 bits per heavy atom. The molecule has 0 aromatic heterocycles. The Morgan fingerprint density at radius 2 is 1.53 bits per heavy atom. The van der Waals surface area contributed by atoms with Crippen molar-refractivity contribution >= 4 is 9.52 Å². The van der Waals surface area contributed by atoms with Gasteiger partial charge in [-0.15, -0.1) is 0 Å². The van der Waals surface area contributed by atoms with Crippen molar-refractivity contribution in [1.29, 1.82) is 0 Å². The molecule has 100 valence electrons. The summed E-state index contributed by atoms with van der Waals surface area (Å²) < 4.78 is 16.1. The molecule has 0 atom stereocenters. The van der Waals surface area contributed by atoms with E-state index >= 15 is 0 Å². The summed E-state index contributed by atoms with van der Waals surface area (Å²) in [7, 11) is 5.53. The Balaban J connectivity index is 2.38. The summed E-state index contributed by atoms with van der Waals surface area (Å²) in [5.41, 5.74) is -0.106. The van der Waals surface area contributed by atoms with Crippen molar-refractivity contribution in [3.8, 4) is 0 Å². The fraction of sp³-hybridized carbons (Fsp3) is 1.00. The predicted octanol–water partition coefficient (Wildman–Crippen LogP) is 3.02. The molecule has 3 nitrogen and oxygen atoms in total. The molecule has 4 heteroatoms. The topological polar surface area (TPSA) is 27.7 Å². The van der Waals surface area contributed by atoms with Crippen LogP contribution in [0.3, 0.4) is 0 Å². The molecular formula is C13H26O3Si. The van der Waals surface area contributed by atoms with Gasteiger partial charge in [-0.05, 0) is 11.5 Å². The molecule has 0 aromatic rings. The summed E-state index contributed by atoms with van der Waals surface area (Å²) in [5.74, 6) is 0.947. The molecular weight excluding hydrogens is 232 g/mol. The lowest BCUT2D eigenvalue weighted by atomic mass is 9.86. The van der Waals surface area contributed by atoms with Gasteiger partial charge in [-0.3, -0.25) is 0 Å². The van der Waals surface area contributed by atoms with Crippen molar-refractivity contribution in [1.82, 2.24) is 0 Å². The van der Waals surface area contributed by atoms with Gasteiger partial charge < -0.3 is 14.2 Å². The smallest absolute Gasteiger partial charge is 0.251 e. The lowest BCUT2D eigenvalue weighted by molar-refractivity contribution is -0.295. The summed E-state index contributed by atoms with van der Waals surface area (Å²) in [6.45, 7) is 2.28. The number of methoxy groups -OCH3 is 3. The highest BCUT2D eigenvalue weighted by Gasteiger charge is 2.35. The van der Waals surface area contributed by atoms with E-state index in [9.17, 15) is 0 Å². The molecule has 0 aromatic carbocycles. The van der Waals surface area contributed by atoms with Crippen molar-refractivity contribution < 1.29 is 14.2 Å². The molecule has 1 aliphatic rings. The van der Waals surface area contributed by atoms with Crippen LogP contribution in [0, 0.1) is 5.92 Å². The van der Waals surface area contributed by atoms with Gasteiger partial charge in [0.1, 0.15) is 0 Å². The molecule has 1 fully saturated rings. The minimum Gasteiger partial charge on any atom is -0.335 e. The van der Waals surface area contributed by atoms with Crippen molar-refractivity contribution in [2.75, 3.05) is 21.3 Å². The number of rotatable bonds is 7. The fourth-order valence-corrected chi connectivity index (χ4v) is 4.16. The van der Waals surface area contributed by atoms with E-state index in [0.29, 0.717) is 15.1 Å². The third-order valence-corrected chi connectivity index (χ3v) is 5.68. The zero-order valence-electron chi connectivity index (χ0n) is 11.6. The van der Waals surface area contributed by atoms with Crippen LogP contribution in [-0.2, 0) is 14.2 Å². The molecule has 1 saturated carbocycles. The van der Waals surface area contributed by atoms with E-state index in [2.05, 4.69) is 6.92 Å². The van der Waals surface area contributed by atoms with Gasteiger partial charge in [-0.2, -0.15) is 0 Å². The van der Waals surface area contributed by atoms with Gasteiger partial charge in [0.15, 0.2) is 9.52 Å². The van der Waals surface area contributed by atoms with Crippen molar-refractivity contribution in [2.45, 2.75) is 56.6 Å². The predicted molar refractivity (Wildman–Crippen MR) is 70.1 cm³/mol. The minimum atomic E-state index is -0.803. The Hall–Kier alpha value is 0.0969. The fourth-order valence-electron chi connectivity index (χ4n) is 2.68. The summed E-state index contributed by atoms with van der Waals surface area (Å²) in [5, 5.41) is 0. The SMILES string of the molecule is CCCC1CCC([Si]C(OC)(OC)OC)CC1. The van der Waals surface area contributed by atoms with Crippen LogP contribution in [0.15, 0.2) is 0 Å². The molecule has 0 aliphatic heterocycles.